The van der Waals surface area contributed by atoms with Crippen LogP contribution >= 0.6 is 0 Å². The van der Waals surface area contributed by atoms with E-state index in [1.807, 2.05) is 36.4 Å². The van der Waals surface area contributed by atoms with E-state index in [9.17, 15) is 10.1 Å². The molecule has 0 radical (unpaired) electrons. The Balaban J connectivity index is 1.53. The first-order valence-corrected chi connectivity index (χ1v) is 10.7. The molecule has 2 N–H and O–H groups in total. The van der Waals surface area contributed by atoms with E-state index < -0.39 is 0 Å². The number of aromatic nitrogens is 3. The SMILES string of the molecule is N#Cc1ccc2cc(-c3nc4ccccc4[nH]3)c(=O)n(N[C@H]3CN4CCC3CC4)c2c1. The number of hydrogen-bond donors (Lipinski definition) is 2. The molecule has 3 fully saturated rings. The molecule has 1 atom stereocenters. The molecule has 4 aromatic rings. The molecule has 3 saturated heterocycles. The summed E-state index contributed by atoms with van der Waals surface area (Å²) >= 11 is 0. The first-order chi connectivity index (χ1) is 15.2. The Morgan fingerprint density at radius 1 is 1.13 bits per heavy atom. The van der Waals surface area contributed by atoms with Gasteiger partial charge in [0.25, 0.3) is 5.56 Å². The van der Waals surface area contributed by atoms with Crippen molar-refractivity contribution in [2.24, 2.45) is 5.92 Å². The van der Waals surface area contributed by atoms with Crippen LogP contribution in [0.3, 0.4) is 0 Å². The van der Waals surface area contributed by atoms with Crippen molar-refractivity contribution in [3.05, 3.63) is 64.4 Å². The largest absolute Gasteiger partial charge is 0.338 e. The Morgan fingerprint density at radius 2 is 1.97 bits per heavy atom. The van der Waals surface area contributed by atoms with E-state index in [1.165, 1.54) is 0 Å². The molecular weight excluding hydrogens is 388 g/mol. The fraction of sp³-hybridized carbons (Fsp3) is 0.292. The van der Waals surface area contributed by atoms with E-state index in [1.54, 1.807) is 16.8 Å². The number of piperidine rings is 3. The Kier molecular flexibility index (Phi) is 4.08. The van der Waals surface area contributed by atoms with Crippen LogP contribution in [0.2, 0.25) is 0 Å². The fourth-order valence-electron chi connectivity index (χ4n) is 5.03. The minimum absolute atomic E-state index is 0.155. The van der Waals surface area contributed by atoms with E-state index in [4.69, 9.17) is 0 Å². The molecule has 2 aromatic carbocycles. The Hall–Kier alpha value is -3.63. The molecule has 0 amide bonds. The summed E-state index contributed by atoms with van der Waals surface area (Å²) in [4.78, 5) is 24.1. The third-order valence-corrected chi connectivity index (χ3v) is 6.73. The average molecular weight is 410 g/mol. The molecule has 2 aromatic heterocycles. The lowest BCUT2D eigenvalue weighted by molar-refractivity contribution is 0.0926. The summed E-state index contributed by atoms with van der Waals surface area (Å²) in [5.41, 5.74) is 6.87. The summed E-state index contributed by atoms with van der Waals surface area (Å²) in [7, 11) is 0. The zero-order chi connectivity index (χ0) is 20.9. The number of H-pyrrole nitrogens is 1. The second-order valence-electron chi connectivity index (χ2n) is 8.56. The maximum Gasteiger partial charge on any atom is 0.280 e. The molecule has 0 unspecified atom stereocenters. The summed E-state index contributed by atoms with van der Waals surface area (Å²) in [5, 5.41) is 10.3. The van der Waals surface area contributed by atoms with E-state index >= 15 is 0 Å². The maximum atomic E-state index is 13.7. The standard InChI is InChI=1S/C24H22N6O/c25-13-15-5-6-17-12-18(23-26-19-3-1-2-4-20(19)27-23)24(31)30(22(17)11-15)28-21-14-29-9-7-16(21)8-10-29/h1-6,11-12,16,21,28H,7-10,14H2,(H,26,27)/t21-/m0/s1. The lowest BCUT2D eigenvalue weighted by Crippen LogP contribution is -2.56. The Labute approximate surface area is 178 Å². The van der Waals surface area contributed by atoms with Crippen LogP contribution in [0.1, 0.15) is 18.4 Å². The molecule has 5 heterocycles. The normalized spacial score (nSPS) is 22.6. The first-order valence-electron chi connectivity index (χ1n) is 10.7. The van der Waals surface area contributed by atoms with Gasteiger partial charge in [0, 0.05) is 11.9 Å². The predicted octanol–water partition coefficient (Wildman–Crippen LogP) is 3.05. The quantitative estimate of drug-likeness (QED) is 0.542. The van der Waals surface area contributed by atoms with Crippen molar-refractivity contribution in [1.82, 2.24) is 19.5 Å². The minimum Gasteiger partial charge on any atom is -0.338 e. The van der Waals surface area contributed by atoms with Gasteiger partial charge >= 0.3 is 0 Å². The number of nitriles is 1. The molecule has 3 aliphatic rings. The zero-order valence-corrected chi connectivity index (χ0v) is 17.0. The number of aromatic amines is 1. The maximum absolute atomic E-state index is 13.7. The monoisotopic (exact) mass is 410 g/mol. The molecule has 154 valence electrons. The van der Waals surface area contributed by atoms with Gasteiger partial charge in [0.1, 0.15) is 5.82 Å². The minimum atomic E-state index is -0.155. The molecule has 7 nitrogen and oxygen atoms in total. The van der Waals surface area contributed by atoms with Crippen molar-refractivity contribution in [2.45, 2.75) is 18.9 Å². The molecule has 0 spiro atoms. The summed E-state index contributed by atoms with van der Waals surface area (Å²) < 4.78 is 1.64. The molecule has 7 heteroatoms. The topological polar surface area (TPSA) is 89.7 Å². The van der Waals surface area contributed by atoms with Crippen LogP contribution in [0, 0.1) is 17.2 Å². The van der Waals surface area contributed by atoms with Crippen molar-refractivity contribution in [2.75, 3.05) is 25.1 Å². The van der Waals surface area contributed by atoms with Gasteiger partial charge in [-0.3, -0.25) is 4.79 Å². The number of imidazole rings is 1. The second-order valence-corrected chi connectivity index (χ2v) is 8.56. The van der Waals surface area contributed by atoms with Gasteiger partial charge < -0.3 is 15.3 Å². The number of rotatable bonds is 3. The van der Waals surface area contributed by atoms with Crippen LogP contribution in [0.4, 0.5) is 0 Å². The highest BCUT2D eigenvalue weighted by Gasteiger charge is 2.34. The van der Waals surface area contributed by atoms with Gasteiger partial charge in [-0.25, -0.2) is 9.66 Å². The Morgan fingerprint density at radius 3 is 2.71 bits per heavy atom. The number of fused-ring (bicyclic) bond motifs is 5. The van der Waals surface area contributed by atoms with Gasteiger partial charge in [0.15, 0.2) is 0 Å². The van der Waals surface area contributed by atoms with Crippen molar-refractivity contribution < 1.29 is 0 Å². The molecular formula is C24H22N6O. The number of nitrogens with one attached hydrogen (secondary N) is 2. The average Bonchev–Trinajstić information content (AvgIpc) is 3.25. The van der Waals surface area contributed by atoms with Crippen LogP contribution in [0.5, 0.6) is 0 Å². The number of benzene rings is 2. The lowest BCUT2D eigenvalue weighted by atomic mass is 9.84. The third-order valence-electron chi connectivity index (χ3n) is 6.73. The van der Waals surface area contributed by atoms with Crippen LogP contribution in [-0.4, -0.2) is 45.2 Å². The summed E-state index contributed by atoms with van der Waals surface area (Å²) in [6.45, 7) is 3.21. The molecule has 3 aliphatic heterocycles. The van der Waals surface area contributed by atoms with E-state index in [0.29, 0.717) is 22.9 Å². The highest BCUT2D eigenvalue weighted by Crippen LogP contribution is 2.29. The van der Waals surface area contributed by atoms with Crippen LogP contribution in [0.25, 0.3) is 33.3 Å². The van der Waals surface area contributed by atoms with Gasteiger partial charge in [-0.15, -0.1) is 0 Å². The molecule has 7 rings (SSSR count). The Bertz CT molecular complexity index is 1370. The number of pyridine rings is 1. The van der Waals surface area contributed by atoms with Gasteiger partial charge in [-0.1, -0.05) is 18.2 Å². The van der Waals surface area contributed by atoms with Gasteiger partial charge in [-0.05, 0) is 62.2 Å². The van der Waals surface area contributed by atoms with Crippen molar-refractivity contribution >= 4 is 21.9 Å². The summed E-state index contributed by atoms with van der Waals surface area (Å²) in [6, 6.07) is 17.5. The van der Waals surface area contributed by atoms with Gasteiger partial charge in [-0.2, -0.15) is 5.26 Å². The van der Waals surface area contributed by atoms with Crippen LogP contribution < -0.4 is 11.0 Å². The second kappa shape index (κ2) is 6.96. The molecule has 31 heavy (non-hydrogen) atoms. The van der Waals surface area contributed by atoms with Gasteiger partial charge in [0.05, 0.1) is 39.8 Å². The van der Waals surface area contributed by atoms with Crippen LogP contribution in [-0.2, 0) is 0 Å². The van der Waals surface area contributed by atoms with E-state index in [0.717, 1.165) is 54.4 Å². The first kappa shape index (κ1) is 18.2. The highest BCUT2D eigenvalue weighted by molar-refractivity contribution is 5.86. The van der Waals surface area contributed by atoms with Crippen molar-refractivity contribution in [3.8, 4) is 17.5 Å². The fourth-order valence-corrected chi connectivity index (χ4v) is 5.03. The number of hydrogen-bond acceptors (Lipinski definition) is 5. The molecule has 2 bridgehead atoms. The highest BCUT2D eigenvalue weighted by atomic mass is 16.1. The van der Waals surface area contributed by atoms with Crippen molar-refractivity contribution in [1.29, 1.82) is 5.26 Å². The lowest BCUT2D eigenvalue weighted by Gasteiger charge is -2.45. The summed E-state index contributed by atoms with van der Waals surface area (Å²) in [5.74, 6) is 1.11. The number of para-hydroxylation sites is 2. The molecule has 0 saturated carbocycles. The number of nitrogens with zero attached hydrogens (tertiary/aromatic N) is 4. The van der Waals surface area contributed by atoms with Gasteiger partial charge in [0.2, 0.25) is 0 Å². The predicted molar refractivity (Wildman–Crippen MR) is 120 cm³/mol. The van der Waals surface area contributed by atoms with E-state index in [2.05, 4.69) is 26.4 Å². The third kappa shape index (κ3) is 2.99. The smallest absolute Gasteiger partial charge is 0.280 e. The molecule has 0 aliphatic carbocycles. The zero-order valence-electron chi connectivity index (χ0n) is 17.0. The summed E-state index contributed by atoms with van der Waals surface area (Å²) in [6.07, 6.45) is 2.30. The van der Waals surface area contributed by atoms with Crippen molar-refractivity contribution in [3.63, 3.8) is 0 Å². The van der Waals surface area contributed by atoms with Crippen LogP contribution in [0.15, 0.2) is 53.3 Å². The van der Waals surface area contributed by atoms with E-state index in [-0.39, 0.29) is 11.6 Å².